The number of fused-ring (bicyclic) bond motifs is 1. The Bertz CT molecular complexity index is 590. The van der Waals surface area contributed by atoms with Crippen molar-refractivity contribution >= 4 is 32.6 Å². The Labute approximate surface area is 85.1 Å². The van der Waals surface area contributed by atoms with Crippen LogP contribution in [0.2, 0.25) is 5.15 Å². The van der Waals surface area contributed by atoms with Crippen molar-refractivity contribution in [3.05, 3.63) is 17.5 Å². The zero-order valence-corrected chi connectivity index (χ0v) is 8.72. The highest BCUT2D eigenvalue weighted by Crippen LogP contribution is 2.19. The minimum Gasteiger partial charge on any atom is -0.343 e. The van der Waals surface area contributed by atoms with Gasteiger partial charge in [0.2, 0.25) is 0 Å². The van der Waals surface area contributed by atoms with Gasteiger partial charge in [-0.15, -0.1) is 0 Å². The van der Waals surface area contributed by atoms with E-state index in [1.807, 2.05) is 0 Å². The zero-order valence-electron chi connectivity index (χ0n) is 7.15. The second-order valence-corrected chi connectivity index (χ2v) is 5.19. The standard InChI is InChI=1S/C7H6ClN3O2S/c1-14(12,13)4-2-10-7-6(4)9-3-5(8)11-7/h2-3H,1H3,(H,10,11). The number of hydrogen-bond donors (Lipinski definition) is 1. The molecule has 0 bridgehead atoms. The molecule has 0 radical (unpaired) electrons. The highest BCUT2D eigenvalue weighted by Gasteiger charge is 2.15. The molecule has 2 aromatic rings. The molecule has 0 saturated carbocycles. The fourth-order valence-corrected chi connectivity index (χ4v) is 2.04. The van der Waals surface area contributed by atoms with Crippen molar-refractivity contribution in [3.63, 3.8) is 0 Å². The topological polar surface area (TPSA) is 75.7 Å². The lowest BCUT2D eigenvalue weighted by Gasteiger charge is -1.93. The molecule has 0 saturated heterocycles. The lowest BCUT2D eigenvalue weighted by Crippen LogP contribution is -1.96. The second kappa shape index (κ2) is 2.93. The molecule has 7 heteroatoms. The van der Waals surface area contributed by atoms with Gasteiger partial charge in [-0.2, -0.15) is 0 Å². The smallest absolute Gasteiger partial charge is 0.179 e. The summed E-state index contributed by atoms with van der Waals surface area (Å²) in [6.45, 7) is 0. The van der Waals surface area contributed by atoms with Crippen LogP contribution in [0.3, 0.4) is 0 Å². The first kappa shape index (κ1) is 9.42. The summed E-state index contributed by atoms with van der Waals surface area (Å²) in [5.74, 6) is 0. The van der Waals surface area contributed by atoms with E-state index in [2.05, 4.69) is 15.0 Å². The van der Waals surface area contributed by atoms with E-state index in [-0.39, 0.29) is 10.0 Å². The Hall–Kier alpha value is -1.14. The van der Waals surface area contributed by atoms with Crippen LogP contribution in [-0.2, 0) is 9.84 Å². The molecular weight excluding hydrogens is 226 g/mol. The molecule has 0 atom stereocenters. The molecule has 2 heterocycles. The first-order valence-electron chi connectivity index (χ1n) is 3.68. The Morgan fingerprint density at radius 3 is 2.86 bits per heavy atom. The Morgan fingerprint density at radius 2 is 2.21 bits per heavy atom. The van der Waals surface area contributed by atoms with E-state index in [0.717, 1.165) is 6.26 Å². The van der Waals surface area contributed by atoms with Crippen molar-refractivity contribution in [2.24, 2.45) is 0 Å². The van der Waals surface area contributed by atoms with Crippen molar-refractivity contribution in [2.45, 2.75) is 4.90 Å². The highest BCUT2D eigenvalue weighted by atomic mass is 35.5. The lowest BCUT2D eigenvalue weighted by molar-refractivity contribution is 0.602. The van der Waals surface area contributed by atoms with Gasteiger partial charge < -0.3 is 4.98 Å². The summed E-state index contributed by atoms with van der Waals surface area (Å²) >= 11 is 5.60. The maximum absolute atomic E-state index is 11.3. The van der Waals surface area contributed by atoms with Crippen LogP contribution in [0.25, 0.3) is 11.2 Å². The summed E-state index contributed by atoms with van der Waals surface area (Å²) in [7, 11) is -3.28. The average Bonchev–Trinajstić information content (AvgIpc) is 2.45. The number of rotatable bonds is 1. The zero-order chi connectivity index (χ0) is 10.3. The van der Waals surface area contributed by atoms with Gasteiger partial charge in [0.1, 0.15) is 15.6 Å². The van der Waals surface area contributed by atoms with Crippen LogP contribution >= 0.6 is 11.6 Å². The van der Waals surface area contributed by atoms with Crippen LogP contribution in [0.5, 0.6) is 0 Å². The van der Waals surface area contributed by atoms with Gasteiger partial charge in [0, 0.05) is 12.5 Å². The van der Waals surface area contributed by atoms with E-state index in [9.17, 15) is 8.42 Å². The fourth-order valence-electron chi connectivity index (χ4n) is 1.13. The van der Waals surface area contributed by atoms with Crippen molar-refractivity contribution in [3.8, 4) is 0 Å². The lowest BCUT2D eigenvalue weighted by atomic mass is 10.5. The Kier molecular flexibility index (Phi) is 1.97. The molecule has 0 aromatic carbocycles. The third-order valence-corrected chi connectivity index (χ3v) is 3.01. The van der Waals surface area contributed by atoms with Crippen molar-refractivity contribution in [1.82, 2.24) is 15.0 Å². The van der Waals surface area contributed by atoms with Crippen molar-refractivity contribution < 1.29 is 8.42 Å². The summed E-state index contributed by atoms with van der Waals surface area (Å²) < 4.78 is 22.5. The number of aromatic nitrogens is 3. The second-order valence-electron chi connectivity index (χ2n) is 2.82. The van der Waals surface area contributed by atoms with Crippen molar-refractivity contribution in [2.75, 3.05) is 6.26 Å². The molecule has 2 rings (SSSR count). The summed E-state index contributed by atoms with van der Waals surface area (Å²) in [4.78, 5) is 10.6. The van der Waals surface area contributed by atoms with Gasteiger partial charge >= 0.3 is 0 Å². The fraction of sp³-hybridized carbons (Fsp3) is 0.143. The van der Waals surface area contributed by atoms with E-state index in [0.29, 0.717) is 11.2 Å². The number of hydrogen-bond acceptors (Lipinski definition) is 4. The van der Waals surface area contributed by atoms with Gasteiger partial charge in [0.05, 0.1) is 6.20 Å². The molecule has 0 amide bonds. The number of sulfone groups is 1. The molecule has 0 unspecified atom stereocenters. The molecule has 0 spiro atoms. The minimum atomic E-state index is -3.28. The SMILES string of the molecule is CS(=O)(=O)c1c[nH]c2nc(Cl)cnc12. The molecule has 14 heavy (non-hydrogen) atoms. The molecule has 74 valence electrons. The number of nitrogens with one attached hydrogen (secondary N) is 1. The third kappa shape index (κ3) is 1.46. The number of nitrogens with zero attached hydrogens (tertiary/aromatic N) is 2. The predicted molar refractivity (Wildman–Crippen MR) is 52.0 cm³/mol. The van der Waals surface area contributed by atoms with Gasteiger partial charge in [-0.25, -0.2) is 18.4 Å². The maximum atomic E-state index is 11.3. The number of H-pyrrole nitrogens is 1. The normalized spacial score (nSPS) is 12.1. The minimum absolute atomic E-state index is 0.136. The predicted octanol–water partition coefficient (Wildman–Crippen LogP) is 1.01. The van der Waals surface area contributed by atoms with Gasteiger partial charge in [-0.1, -0.05) is 11.6 Å². The third-order valence-electron chi connectivity index (χ3n) is 1.72. The van der Waals surface area contributed by atoms with Crippen LogP contribution < -0.4 is 0 Å². The first-order valence-corrected chi connectivity index (χ1v) is 5.95. The number of halogens is 1. The van der Waals surface area contributed by atoms with Crippen LogP contribution in [0.1, 0.15) is 0 Å². The summed E-state index contributed by atoms with van der Waals surface area (Å²) in [5.41, 5.74) is 0.690. The van der Waals surface area contributed by atoms with E-state index >= 15 is 0 Å². The van der Waals surface area contributed by atoms with Gasteiger partial charge in [-0.3, -0.25) is 0 Å². The van der Waals surface area contributed by atoms with Gasteiger partial charge in [0.15, 0.2) is 15.5 Å². The Morgan fingerprint density at radius 1 is 1.50 bits per heavy atom. The molecule has 0 fully saturated rings. The van der Waals surface area contributed by atoms with E-state index < -0.39 is 9.84 Å². The quantitative estimate of drug-likeness (QED) is 0.795. The summed E-state index contributed by atoms with van der Waals surface area (Å²) in [5, 5.41) is 0.222. The molecule has 0 aliphatic rings. The maximum Gasteiger partial charge on any atom is 0.179 e. The van der Waals surface area contributed by atoms with Gasteiger partial charge in [-0.05, 0) is 0 Å². The van der Waals surface area contributed by atoms with E-state index in [4.69, 9.17) is 11.6 Å². The summed E-state index contributed by atoms with van der Waals surface area (Å²) in [6.07, 6.45) is 3.79. The monoisotopic (exact) mass is 231 g/mol. The average molecular weight is 232 g/mol. The molecule has 1 N–H and O–H groups in total. The number of aromatic amines is 1. The summed E-state index contributed by atoms with van der Waals surface area (Å²) in [6, 6.07) is 0. The molecule has 0 aliphatic heterocycles. The van der Waals surface area contributed by atoms with E-state index in [1.165, 1.54) is 12.4 Å². The van der Waals surface area contributed by atoms with Crippen molar-refractivity contribution in [1.29, 1.82) is 0 Å². The Balaban J connectivity index is 2.83. The van der Waals surface area contributed by atoms with Gasteiger partial charge in [0.25, 0.3) is 0 Å². The first-order chi connectivity index (χ1) is 6.48. The highest BCUT2D eigenvalue weighted by molar-refractivity contribution is 7.91. The molecule has 2 aromatic heterocycles. The molecular formula is C7H6ClN3O2S. The molecule has 0 aliphatic carbocycles. The van der Waals surface area contributed by atoms with Crippen LogP contribution in [-0.4, -0.2) is 29.6 Å². The van der Waals surface area contributed by atoms with Crippen LogP contribution in [0, 0.1) is 0 Å². The largest absolute Gasteiger partial charge is 0.343 e. The van der Waals surface area contributed by atoms with E-state index in [1.54, 1.807) is 0 Å². The molecule has 5 nitrogen and oxygen atoms in total. The van der Waals surface area contributed by atoms with Crippen LogP contribution in [0.4, 0.5) is 0 Å². The van der Waals surface area contributed by atoms with Crippen LogP contribution in [0.15, 0.2) is 17.3 Å².